The van der Waals surface area contributed by atoms with Crippen LogP contribution in [0.3, 0.4) is 0 Å². The predicted octanol–water partition coefficient (Wildman–Crippen LogP) is -0.425. The molecule has 1 saturated carbocycles. The SMILES string of the molecule is NC(=O)[C@H]1CCN(C(=O)CCN2C(=O)NC3(CCCC3)C2=O)C1. The normalized spacial score (nSPS) is 26.2. The van der Waals surface area contributed by atoms with Gasteiger partial charge in [-0.25, -0.2) is 4.79 Å². The molecule has 0 aromatic heterocycles. The van der Waals surface area contributed by atoms with Crippen LogP contribution in [-0.4, -0.2) is 58.7 Å². The van der Waals surface area contributed by atoms with E-state index >= 15 is 0 Å². The number of urea groups is 1. The fourth-order valence-electron chi connectivity index (χ4n) is 3.78. The number of primary amides is 1. The van der Waals surface area contributed by atoms with Crippen LogP contribution in [0.4, 0.5) is 4.79 Å². The van der Waals surface area contributed by atoms with Crippen LogP contribution >= 0.6 is 0 Å². The van der Waals surface area contributed by atoms with E-state index in [1.807, 2.05) is 0 Å². The first-order valence-electron chi connectivity index (χ1n) is 8.14. The van der Waals surface area contributed by atoms with Crippen molar-refractivity contribution >= 4 is 23.8 Å². The Morgan fingerprint density at radius 1 is 1.26 bits per heavy atom. The van der Waals surface area contributed by atoms with Gasteiger partial charge in [0, 0.05) is 26.1 Å². The molecule has 2 aliphatic heterocycles. The molecule has 1 atom stereocenters. The van der Waals surface area contributed by atoms with Gasteiger partial charge in [0.1, 0.15) is 5.54 Å². The lowest BCUT2D eigenvalue weighted by Crippen LogP contribution is -2.44. The number of rotatable bonds is 4. The molecule has 8 nitrogen and oxygen atoms in total. The van der Waals surface area contributed by atoms with Gasteiger partial charge in [-0.1, -0.05) is 12.8 Å². The quantitative estimate of drug-likeness (QED) is 0.684. The number of carbonyl (C=O) groups excluding carboxylic acids is 4. The summed E-state index contributed by atoms with van der Waals surface area (Å²) in [5.74, 6) is -1.04. The molecule has 3 fully saturated rings. The van der Waals surface area contributed by atoms with E-state index in [0.717, 1.165) is 17.7 Å². The zero-order valence-corrected chi connectivity index (χ0v) is 13.0. The lowest BCUT2D eigenvalue weighted by Gasteiger charge is -2.21. The third-order valence-electron chi connectivity index (χ3n) is 5.20. The van der Waals surface area contributed by atoms with Crippen molar-refractivity contribution in [1.29, 1.82) is 0 Å². The number of likely N-dealkylation sites (tertiary alicyclic amines) is 1. The summed E-state index contributed by atoms with van der Waals surface area (Å²) in [6.07, 6.45) is 3.87. The summed E-state index contributed by atoms with van der Waals surface area (Å²) in [4.78, 5) is 50.6. The Bertz CT molecular complexity index is 556. The summed E-state index contributed by atoms with van der Waals surface area (Å²) in [7, 11) is 0. The number of carbonyl (C=O) groups is 4. The van der Waals surface area contributed by atoms with E-state index in [9.17, 15) is 19.2 Å². The van der Waals surface area contributed by atoms with E-state index in [-0.39, 0.29) is 30.7 Å². The van der Waals surface area contributed by atoms with Crippen molar-refractivity contribution in [3.05, 3.63) is 0 Å². The molecule has 5 amide bonds. The summed E-state index contributed by atoms with van der Waals surface area (Å²) < 4.78 is 0. The highest BCUT2D eigenvalue weighted by atomic mass is 16.2. The lowest BCUT2D eigenvalue weighted by molar-refractivity contribution is -0.133. The van der Waals surface area contributed by atoms with Gasteiger partial charge in [0.05, 0.1) is 5.92 Å². The van der Waals surface area contributed by atoms with E-state index < -0.39 is 17.5 Å². The molecular weight excluding hydrogens is 300 g/mol. The number of nitrogens with zero attached hydrogens (tertiary/aromatic N) is 2. The number of nitrogens with two attached hydrogens (primary N) is 1. The Balaban J connectivity index is 1.54. The average molecular weight is 322 g/mol. The largest absolute Gasteiger partial charge is 0.369 e. The van der Waals surface area contributed by atoms with Crippen molar-refractivity contribution in [2.75, 3.05) is 19.6 Å². The van der Waals surface area contributed by atoms with Gasteiger partial charge in [-0.15, -0.1) is 0 Å². The van der Waals surface area contributed by atoms with Gasteiger partial charge in [-0.05, 0) is 19.3 Å². The first-order valence-corrected chi connectivity index (χ1v) is 8.14. The molecule has 3 N–H and O–H groups in total. The van der Waals surface area contributed by atoms with E-state index in [1.165, 1.54) is 0 Å². The molecule has 0 unspecified atom stereocenters. The molecule has 3 aliphatic rings. The highest BCUT2D eigenvalue weighted by Crippen LogP contribution is 2.35. The molecular formula is C15H22N4O4. The Kier molecular flexibility index (Phi) is 3.99. The van der Waals surface area contributed by atoms with Gasteiger partial charge in [-0.2, -0.15) is 0 Å². The maximum atomic E-state index is 12.5. The summed E-state index contributed by atoms with van der Waals surface area (Å²) >= 11 is 0. The second-order valence-electron chi connectivity index (χ2n) is 6.65. The van der Waals surface area contributed by atoms with Crippen LogP contribution in [0, 0.1) is 5.92 Å². The molecule has 0 radical (unpaired) electrons. The topological polar surface area (TPSA) is 113 Å². The number of amides is 5. The van der Waals surface area contributed by atoms with Crippen molar-refractivity contribution in [2.24, 2.45) is 11.7 Å². The minimum absolute atomic E-state index is 0.0840. The van der Waals surface area contributed by atoms with Gasteiger partial charge < -0.3 is 16.0 Å². The molecule has 0 aromatic rings. The zero-order valence-electron chi connectivity index (χ0n) is 13.0. The van der Waals surface area contributed by atoms with Crippen LogP contribution < -0.4 is 11.1 Å². The second kappa shape index (κ2) is 5.82. The number of imide groups is 1. The minimum Gasteiger partial charge on any atom is -0.369 e. The molecule has 1 spiro atoms. The molecule has 0 bridgehead atoms. The van der Waals surface area contributed by atoms with E-state index in [1.54, 1.807) is 4.90 Å². The molecule has 23 heavy (non-hydrogen) atoms. The van der Waals surface area contributed by atoms with Crippen molar-refractivity contribution in [3.63, 3.8) is 0 Å². The third kappa shape index (κ3) is 2.77. The number of hydrogen-bond donors (Lipinski definition) is 2. The molecule has 3 rings (SSSR count). The predicted molar refractivity (Wildman–Crippen MR) is 79.9 cm³/mol. The summed E-state index contributed by atoms with van der Waals surface area (Å²) in [6, 6.07) is -0.402. The smallest absolute Gasteiger partial charge is 0.325 e. The van der Waals surface area contributed by atoms with Crippen molar-refractivity contribution in [1.82, 2.24) is 15.1 Å². The number of nitrogens with one attached hydrogen (secondary N) is 1. The Labute approximate surface area is 134 Å². The third-order valence-corrected chi connectivity index (χ3v) is 5.20. The van der Waals surface area contributed by atoms with Gasteiger partial charge in [0.25, 0.3) is 5.91 Å². The van der Waals surface area contributed by atoms with Crippen LogP contribution in [0.25, 0.3) is 0 Å². The van der Waals surface area contributed by atoms with E-state index in [4.69, 9.17) is 5.73 Å². The monoisotopic (exact) mass is 322 g/mol. The summed E-state index contributed by atoms with van der Waals surface area (Å²) in [5, 5.41) is 2.80. The van der Waals surface area contributed by atoms with Gasteiger partial charge >= 0.3 is 6.03 Å². The Hall–Kier alpha value is -2.12. The van der Waals surface area contributed by atoms with Crippen molar-refractivity contribution < 1.29 is 19.2 Å². The molecule has 8 heteroatoms. The average Bonchev–Trinajstić information content (AvgIpc) is 3.20. The number of hydrogen-bond acceptors (Lipinski definition) is 4. The molecule has 1 aliphatic carbocycles. The van der Waals surface area contributed by atoms with Crippen molar-refractivity contribution in [2.45, 2.75) is 44.1 Å². The molecule has 2 saturated heterocycles. The zero-order chi connectivity index (χ0) is 16.6. The maximum absolute atomic E-state index is 12.5. The van der Waals surface area contributed by atoms with Crippen LogP contribution in [-0.2, 0) is 14.4 Å². The minimum atomic E-state index is -0.731. The van der Waals surface area contributed by atoms with E-state index in [0.29, 0.717) is 32.4 Å². The van der Waals surface area contributed by atoms with Gasteiger partial charge in [0.15, 0.2) is 0 Å². The second-order valence-corrected chi connectivity index (χ2v) is 6.65. The molecule has 126 valence electrons. The van der Waals surface area contributed by atoms with E-state index in [2.05, 4.69) is 5.32 Å². The van der Waals surface area contributed by atoms with Crippen molar-refractivity contribution in [3.8, 4) is 0 Å². The summed E-state index contributed by atoms with van der Waals surface area (Å²) in [5.41, 5.74) is 4.52. The van der Waals surface area contributed by atoms with Crippen LogP contribution in [0.2, 0.25) is 0 Å². The van der Waals surface area contributed by atoms with Gasteiger partial charge in [-0.3, -0.25) is 19.3 Å². The summed E-state index contributed by atoms with van der Waals surface area (Å²) in [6.45, 7) is 0.914. The van der Waals surface area contributed by atoms with Crippen LogP contribution in [0.1, 0.15) is 38.5 Å². The molecule has 2 heterocycles. The Morgan fingerprint density at radius 2 is 1.96 bits per heavy atom. The lowest BCUT2D eigenvalue weighted by atomic mass is 9.98. The Morgan fingerprint density at radius 3 is 2.57 bits per heavy atom. The fraction of sp³-hybridized carbons (Fsp3) is 0.733. The maximum Gasteiger partial charge on any atom is 0.325 e. The van der Waals surface area contributed by atoms with Gasteiger partial charge in [0.2, 0.25) is 11.8 Å². The highest BCUT2D eigenvalue weighted by molar-refractivity contribution is 6.07. The standard InChI is InChI=1S/C15H22N4O4/c16-12(21)10-3-7-18(9-10)11(20)4-8-19-13(22)15(17-14(19)23)5-1-2-6-15/h10H,1-9H2,(H2,16,21)(H,17,23)/t10-/m0/s1. The fourth-order valence-corrected chi connectivity index (χ4v) is 3.78. The highest BCUT2D eigenvalue weighted by Gasteiger charge is 2.52. The molecule has 0 aromatic carbocycles. The first-order chi connectivity index (χ1) is 10.9. The van der Waals surface area contributed by atoms with Crippen LogP contribution in [0.15, 0.2) is 0 Å². The first kappa shape index (κ1) is 15.8. The van der Waals surface area contributed by atoms with Crippen LogP contribution in [0.5, 0.6) is 0 Å².